The van der Waals surface area contributed by atoms with Gasteiger partial charge in [-0.05, 0) is 30.2 Å². The van der Waals surface area contributed by atoms with E-state index in [2.05, 4.69) is 64.8 Å². The van der Waals surface area contributed by atoms with Crippen LogP contribution < -0.4 is 4.74 Å². The van der Waals surface area contributed by atoms with Crippen LogP contribution in [0.5, 0.6) is 5.88 Å². The number of hydrogen-bond donors (Lipinski definition) is 0. The van der Waals surface area contributed by atoms with Crippen molar-refractivity contribution in [2.24, 2.45) is 0 Å². The molecule has 0 fully saturated rings. The van der Waals surface area contributed by atoms with Crippen LogP contribution in [0, 0.1) is 6.92 Å². The fraction of sp³-hybridized carbons (Fsp3) is 0.0952. The Morgan fingerprint density at radius 3 is 2.38 bits per heavy atom. The highest BCUT2D eigenvalue weighted by atomic mass is 16.5. The number of aryl methyl sites for hydroxylation is 1. The number of imidazole rings is 1. The van der Waals surface area contributed by atoms with Crippen molar-refractivity contribution in [1.29, 1.82) is 0 Å². The van der Waals surface area contributed by atoms with Gasteiger partial charge in [0, 0.05) is 11.6 Å². The second kappa shape index (κ2) is 5.85. The number of aromatic nitrogens is 2. The second-order valence-electron chi connectivity index (χ2n) is 5.86. The molecule has 0 saturated carbocycles. The summed E-state index contributed by atoms with van der Waals surface area (Å²) in [6.45, 7) is 2.09. The molecule has 0 bridgehead atoms. The molecule has 4 rings (SSSR count). The molecular formula is C21H18N2O. The number of hydrogen-bond acceptors (Lipinski definition) is 2. The van der Waals surface area contributed by atoms with Gasteiger partial charge in [0.1, 0.15) is 5.65 Å². The van der Waals surface area contributed by atoms with E-state index in [-0.39, 0.29) is 0 Å². The number of fused-ring (bicyclic) bond motifs is 1. The van der Waals surface area contributed by atoms with Crippen molar-refractivity contribution in [2.75, 3.05) is 7.11 Å². The van der Waals surface area contributed by atoms with Crippen LogP contribution >= 0.6 is 0 Å². The van der Waals surface area contributed by atoms with Gasteiger partial charge in [0.25, 0.3) is 0 Å². The van der Waals surface area contributed by atoms with Crippen molar-refractivity contribution in [2.45, 2.75) is 6.92 Å². The van der Waals surface area contributed by atoms with E-state index in [1.807, 2.05) is 24.4 Å². The first-order chi connectivity index (χ1) is 11.8. The van der Waals surface area contributed by atoms with E-state index in [1.165, 1.54) is 5.56 Å². The number of nitrogens with zero attached hydrogens (tertiary/aromatic N) is 2. The SMILES string of the molecule is COc1cc(-c2ccccc2)cc2ncc(-c3cccc(C)c3)n12. The molecule has 4 aromatic rings. The minimum Gasteiger partial charge on any atom is -0.482 e. The van der Waals surface area contributed by atoms with Crippen molar-refractivity contribution in [3.05, 3.63) is 78.5 Å². The lowest BCUT2D eigenvalue weighted by atomic mass is 10.1. The van der Waals surface area contributed by atoms with Crippen molar-refractivity contribution in [3.8, 4) is 28.3 Å². The normalized spacial score (nSPS) is 10.9. The Bertz CT molecular complexity index is 1000. The van der Waals surface area contributed by atoms with Gasteiger partial charge in [-0.1, -0.05) is 54.1 Å². The Morgan fingerprint density at radius 2 is 1.62 bits per heavy atom. The predicted molar refractivity (Wildman–Crippen MR) is 97.4 cm³/mol. The third-order valence-corrected chi connectivity index (χ3v) is 4.20. The smallest absolute Gasteiger partial charge is 0.200 e. The quantitative estimate of drug-likeness (QED) is 0.533. The molecule has 2 heterocycles. The Hall–Kier alpha value is -3.07. The first-order valence-electron chi connectivity index (χ1n) is 7.94. The molecule has 3 heteroatoms. The first-order valence-corrected chi connectivity index (χ1v) is 7.94. The fourth-order valence-electron chi connectivity index (χ4n) is 3.03. The molecule has 0 aliphatic heterocycles. The molecule has 0 spiro atoms. The zero-order valence-electron chi connectivity index (χ0n) is 13.7. The first kappa shape index (κ1) is 14.5. The Kier molecular flexibility index (Phi) is 3.54. The van der Waals surface area contributed by atoms with E-state index < -0.39 is 0 Å². The standard InChI is InChI=1S/C21H18N2O/c1-15-7-6-10-17(11-15)19-14-22-20-12-18(13-21(24-2)23(19)20)16-8-4-3-5-9-16/h3-14H,1-2H3. The molecule has 0 amide bonds. The minimum atomic E-state index is 0.778. The largest absolute Gasteiger partial charge is 0.482 e. The minimum absolute atomic E-state index is 0.778. The molecule has 0 aliphatic rings. The lowest BCUT2D eigenvalue weighted by Crippen LogP contribution is -1.97. The van der Waals surface area contributed by atoms with Crippen LogP contribution in [0.4, 0.5) is 0 Å². The monoisotopic (exact) mass is 314 g/mol. The highest BCUT2D eigenvalue weighted by Gasteiger charge is 2.12. The molecule has 24 heavy (non-hydrogen) atoms. The predicted octanol–water partition coefficient (Wildman–Crippen LogP) is 4.99. The van der Waals surface area contributed by atoms with Crippen LogP contribution in [0.2, 0.25) is 0 Å². The molecule has 118 valence electrons. The van der Waals surface area contributed by atoms with E-state index in [0.717, 1.165) is 33.9 Å². The van der Waals surface area contributed by atoms with E-state index in [9.17, 15) is 0 Å². The van der Waals surface area contributed by atoms with Crippen molar-refractivity contribution >= 4 is 5.65 Å². The number of methoxy groups -OCH3 is 1. The Labute approximate surface area is 141 Å². The van der Waals surface area contributed by atoms with Gasteiger partial charge in [-0.3, -0.25) is 4.40 Å². The summed E-state index contributed by atoms with van der Waals surface area (Å²) in [6.07, 6.45) is 1.90. The maximum absolute atomic E-state index is 5.66. The van der Waals surface area contributed by atoms with Crippen LogP contribution in [-0.4, -0.2) is 16.5 Å². The van der Waals surface area contributed by atoms with E-state index in [1.54, 1.807) is 7.11 Å². The van der Waals surface area contributed by atoms with Gasteiger partial charge in [-0.25, -0.2) is 4.98 Å². The van der Waals surface area contributed by atoms with E-state index >= 15 is 0 Å². The summed E-state index contributed by atoms with van der Waals surface area (Å²) in [5.74, 6) is 0.778. The van der Waals surface area contributed by atoms with Gasteiger partial charge in [0.2, 0.25) is 0 Å². The molecule has 0 unspecified atom stereocenters. The molecular weight excluding hydrogens is 296 g/mol. The van der Waals surface area contributed by atoms with Gasteiger partial charge >= 0.3 is 0 Å². The summed E-state index contributed by atoms with van der Waals surface area (Å²) >= 11 is 0. The molecule has 0 saturated heterocycles. The van der Waals surface area contributed by atoms with Gasteiger partial charge in [0.05, 0.1) is 19.0 Å². The average Bonchev–Trinajstić information content (AvgIpc) is 3.06. The maximum Gasteiger partial charge on any atom is 0.200 e. The number of ether oxygens (including phenoxy) is 1. The van der Waals surface area contributed by atoms with Crippen LogP contribution in [0.25, 0.3) is 28.0 Å². The summed E-state index contributed by atoms with van der Waals surface area (Å²) in [4.78, 5) is 4.60. The molecule has 3 nitrogen and oxygen atoms in total. The third kappa shape index (κ3) is 2.44. The van der Waals surface area contributed by atoms with Crippen molar-refractivity contribution < 1.29 is 4.74 Å². The lowest BCUT2D eigenvalue weighted by Gasteiger charge is -2.11. The average molecular weight is 314 g/mol. The summed E-state index contributed by atoms with van der Waals surface area (Å²) in [6, 6.07) is 22.9. The summed E-state index contributed by atoms with van der Waals surface area (Å²) in [5.41, 5.74) is 6.52. The molecule has 0 N–H and O–H groups in total. The molecule has 2 aromatic heterocycles. The van der Waals surface area contributed by atoms with Crippen molar-refractivity contribution in [3.63, 3.8) is 0 Å². The highest BCUT2D eigenvalue weighted by molar-refractivity contribution is 5.73. The Morgan fingerprint density at radius 1 is 0.833 bits per heavy atom. The second-order valence-corrected chi connectivity index (χ2v) is 5.86. The maximum atomic E-state index is 5.66. The lowest BCUT2D eigenvalue weighted by molar-refractivity contribution is 0.393. The fourth-order valence-corrected chi connectivity index (χ4v) is 3.03. The summed E-state index contributed by atoms with van der Waals surface area (Å²) in [7, 11) is 1.70. The van der Waals surface area contributed by atoms with E-state index in [4.69, 9.17) is 4.74 Å². The molecule has 2 aromatic carbocycles. The van der Waals surface area contributed by atoms with Gasteiger partial charge in [0.15, 0.2) is 5.88 Å². The van der Waals surface area contributed by atoms with Gasteiger partial charge < -0.3 is 4.74 Å². The summed E-state index contributed by atoms with van der Waals surface area (Å²) < 4.78 is 7.72. The number of rotatable bonds is 3. The molecule has 0 atom stereocenters. The van der Waals surface area contributed by atoms with Crippen LogP contribution in [0.1, 0.15) is 5.56 Å². The summed E-state index contributed by atoms with van der Waals surface area (Å²) in [5, 5.41) is 0. The van der Waals surface area contributed by atoms with Crippen LogP contribution in [-0.2, 0) is 0 Å². The highest BCUT2D eigenvalue weighted by Crippen LogP contribution is 2.31. The third-order valence-electron chi connectivity index (χ3n) is 4.20. The number of benzene rings is 2. The van der Waals surface area contributed by atoms with Crippen molar-refractivity contribution in [1.82, 2.24) is 9.38 Å². The van der Waals surface area contributed by atoms with Crippen LogP contribution in [0.3, 0.4) is 0 Å². The van der Waals surface area contributed by atoms with Gasteiger partial charge in [-0.15, -0.1) is 0 Å². The zero-order valence-corrected chi connectivity index (χ0v) is 13.7. The zero-order chi connectivity index (χ0) is 16.5. The van der Waals surface area contributed by atoms with E-state index in [0.29, 0.717) is 0 Å². The molecule has 0 aliphatic carbocycles. The Balaban J connectivity index is 1.94. The topological polar surface area (TPSA) is 26.5 Å². The number of pyridine rings is 1. The van der Waals surface area contributed by atoms with Crippen LogP contribution in [0.15, 0.2) is 72.9 Å². The molecule has 0 radical (unpaired) electrons. The van der Waals surface area contributed by atoms with Gasteiger partial charge in [-0.2, -0.15) is 0 Å².